The van der Waals surface area contributed by atoms with Crippen molar-refractivity contribution in [1.82, 2.24) is 10.2 Å². The van der Waals surface area contributed by atoms with Gasteiger partial charge in [0.1, 0.15) is 18.3 Å². The standard InChI is InChI=1S/C30H36N4O7S/c1-6-27(29(36)31-30(2,3)4)32(20-22-12-18-25(41-5)19-13-22)28(35)21-33(23-14-16-24(17-15-23)34(37)38)42(39,40)26-10-8-7-9-11-26/h7-19,27H,6,20-21H2,1-5H3,(H,31,36)/t27-/m1/s1. The lowest BCUT2D eigenvalue weighted by Gasteiger charge is -2.34. The molecule has 3 aromatic carbocycles. The fourth-order valence-corrected chi connectivity index (χ4v) is 5.72. The predicted octanol–water partition coefficient (Wildman–Crippen LogP) is 4.52. The van der Waals surface area contributed by atoms with Gasteiger partial charge in [0.15, 0.2) is 0 Å². The summed E-state index contributed by atoms with van der Waals surface area (Å²) in [6, 6.07) is 18.6. The molecule has 0 saturated carbocycles. The molecule has 0 aliphatic rings. The summed E-state index contributed by atoms with van der Waals surface area (Å²) in [6.45, 7) is 6.64. The van der Waals surface area contributed by atoms with Crippen molar-refractivity contribution in [2.75, 3.05) is 18.0 Å². The van der Waals surface area contributed by atoms with Gasteiger partial charge in [-0.1, -0.05) is 37.3 Å². The highest BCUT2D eigenvalue weighted by Crippen LogP contribution is 2.27. The molecule has 3 rings (SSSR count). The average molecular weight is 597 g/mol. The number of amides is 2. The van der Waals surface area contributed by atoms with E-state index in [4.69, 9.17) is 4.74 Å². The Labute approximate surface area is 246 Å². The predicted molar refractivity (Wildman–Crippen MR) is 160 cm³/mol. The van der Waals surface area contributed by atoms with Gasteiger partial charge in [0.25, 0.3) is 15.7 Å². The van der Waals surface area contributed by atoms with E-state index >= 15 is 0 Å². The van der Waals surface area contributed by atoms with Crippen LogP contribution in [-0.2, 0) is 26.2 Å². The largest absolute Gasteiger partial charge is 0.497 e. The Bertz CT molecular complexity index is 1490. The lowest BCUT2D eigenvalue weighted by atomic mass is 10.1. The van der Waals surface area contributed by atoms with Crippen molar-refractivity contribution in [3.05, 3.63) is 94.5 Å². The topological polar surface area (TPSA) is 139 Å². The molecule has 0 bridgehead atoms. The fraction of sp³-hybridized carbons (Fsp3) is 0.333. The molecule has 0 aliphatic heterocycles. The maximum absolute atomic E-state index is 14.1. The van der Waals surface area contributed by atoms with E-state index in [1.807, 2.05) is 20.8 Å². The van der Waals surface area contributed by atoms with Gasteiger partial charge in [0.2, 0.25) is 11.8 Å². The summed E-state index contributed by atoms with van der Waals surface area (Å²) in [5, 5.41) is 14.1. The lowest BCUT2D eigenvalue weighted by molar-refractivity contribution is -0.384. The molecule has 224 valence electrons. The maximum Gasteiger partial charge on any atom is 0.269 e. The number of anilines is 1. The highest BCUT2D eigenvalue weighted by atomic mass is 32.2. The summed E-state index contributed by atoms with van der Waals surface area (Å²) >= 11 is 0. The van der Waals surface area contributed by atoms with Crippen LogP contribution >= 0.6 is 0 Å². The van der Waals surface area contributed by atoms with Crippen molar-refractivity contribution < 1.29 is 27.7 Å². The molecule has 0 spiro atoms. The zero-order chi connectivity index (χ0) is 31.1. The minimum absolute atomic E-state index is 0.0262. The number of nitro groups is 1. The van der Waals surface area contributed by atoms with Gasteiger partial charge in [-0.05, 0) is 69.2 Å². The quantitative estimate of drug-likeness (QED) is 0.240. The van der Waals surface area contributed by atoms with Crippen LogP contribution in [-0.4, -0.2) is 55.3 Å². The highest BCUT2D eigenvalue weighted by molar-refractivity contribution is 7.92. The smallest absolute Gasteiger partial charge is 0.269 e. The number of hydrogen-bond acceptors (Lipinski definition) is 7. The van der Waals surface area contributed by atoms with E-state index in [1.165, 1.54) is 48.4 Å². The Kier molecular flexibility index (Phi) is 10.3. The number of benzene rings is 3. The van der Waals surface area contributed by atoms with E-state index in [0.717, 1.165) is 4.31 Å². The first-order valence-electron chi connectivity index (χ1n) is 13.3. The Morgan fingerprint density at radius 3 is 2.07 bits per heavy atom. The Morgan fingerprint density at radius 1 is 0.976 bits per heavy atom. The number of hydrogen-bond donors (Lipinski definition) is 1. The number of rotatable bonds is 12. The number of nitrogens with one attached hydrogen (secondary N) is 1. The van der Waals surface area contributed by atoms with Gasteiger partial charge in [0.05, 0.1) is 22.6 Å². The van der Waals surface area contributed by atoms with Crippen molar-refractivity contribution in [1.29, 1.82) is 0 Å². The van der Waals surface area contributed by atoms with Crippen LogP contribution in [0.15, 0.2) is 83.8 Å². The first kappa shape index (κ1) is 32.1. The molecule has 42 heavy (non-hydrogen) atoms. The van der Waals surface area contributed by atoms with Crippen molar-refractivity contribution in [3.63, 3.8) is 0 Å². The minimum Gasteiger partial charge on any atom is -0.497 e. The van der Waals surface area contributed by atoms with Crippen LogP contribution in [0.1, 0.15) is 39.7 Å². The van der Waals surface area contributed by atoms with Crippen LogP contribution < -0.4 is 14.4 Å². The molecule has 0 saturated heterocycles. The van der Waals surface area contributed by atoms with E-state index in [0.29, 0.717) is 11.3 Å². The van der Waals surface area contributed by atoms with Crippen molar-refractivity contribution in [2.24, 2.45) is 0 Å². The van der Waals surface area contributed by atoms with E-state index in [2.05, 4.69) is 5.32 Å². The number of carbonyl (C=O) groups is 2. The van der Waals surface area contributed by atoms with Gasteiger partial charge >= 0.3 is 0 Å². The van der Waals surface area contributed by atoms with Gasteiger partial charge in [0, 0.05) is 24.2 Å². The van der Waals surface area contributed by atoms with Crippen molar-refractivity contribution in [3.8, 4) is 5.75 Å². The number of non-ortho nitro benzene ring substituents is 1. The van der Waals surface area contributed by atoms with Crippen LogP contribution in [0.5, 0.6) is 5.75 Å². The highest BCUT2D eigenvalue weighted by Gasteiger charge is 2.34. The molecule has 3 aromatic rings. The number of sulfonamides is 1. The van der Waals surface area contributed by atoms with E-state index in [1.54, 1.807) is 49.4 Å². The SMILES string of the molecule is CC[C@H](C(=O)NC(C)(C)C)N(Cc1ccc(OC)cc1)C(=O)CN(c1ccc([N+](=O)[O-])cc1)S(=O)(=O)c1ccccc1. The molecular weight excluding hydrogens is 560 g/mol. The summed E-state index contributed by atoms with van der Waals surface area (Å²) < 4.78 is 33.8. The Morgan fingerprint density at radius 2 is 1.57 bits per heavy atom. The second-order valence-electron chi connectivity index (χ2n) is 10.6. The zero-order valence-electron chi connectivity index (χ0n) is 24.3. The van der Waals surface area contributed by atoms with E-state index in [-0.39, 0.29) is 35.1 Å². The minimum atomic E-state index is -4.28. The summed E-state index contributed by atoms with van der Waals surface area (Å²) in [6.07, 6.45) is 0.271. The Hall–Kier alpha value is -4.45. The molecule has 0 radical (unpaired) electrons. The number of carbonyl (C=O) groups excluding carboxylic acids is 2. The van der Waals surface area contributed by atoms with Crippen LogP contribution in [0.2, 0.25) is 0 Å². The molecule has 1 N–H and O–H groups in total. The molecule has 1 atom stereocenters. The molecule has 0 heterocycles. The lowest BCUT2D eigenvalue weighted by Crippen LogP contribution is -2.55. The molecule has 0 fully saturated rings. The first-order chi connectivity index (χ1) is 19.8. The van der Waals surface area contributed by atoms with Crippen LogP contribution in [0.25, 0.3) is 0 Å². The van der Waals surface area contributed by atoms with Gasteiger partial charge < -0.3 is 15.0 Å². The van der Waals surface area contributed by atoms with E-state index < -0.39 is 39.0 Å². The van der Waals surface area contributed by atoms with E-state index in [9.17, 15) is 28.1 Å². The fourth-order valence-electron chi connectivity index (χ4n) is 4.29. The van der Waals surface area contributed by atoms with Crippen molar-refractivity contribution in [2.45, 2.75) is 57.1 Å². The first-order valence-corrected chi connectivity index (χ1v) is 14.8. The molecule has 0 unspecified atom stereocenters. The number of nitro benzene ring substituents is 1. The average Bonchev–Trinajstić information content (AvgIpc) is 2.95. The molecule has 11 nitrogen and oxygen atoms in total. The summed E-state index contributed by atoms with van der Waals surface area (Å²) in [5.74, 6) is -0.383. The van der Waals surface area contributed by atoms with Gasteiger partial charge in [-0.3, -0.25) is 24.0 Å². The normalized spacial score (nSPS) is 12.2. The molecule has 0 aromatic heterocycles. The summed E-state index contributed by atoms with van der Waals surface area (Å²) in [4.78, 5) is 39.4. The van der Waals surface area contributed by atoms with Crippen LogP contribution in [0, 0.1) is 10.1 Å². The van der Waals surface area contributed by atoms with Gasteiger partial charge in [-0.2, -0.15) is 0 Å². The van der Waals surface area contributed by atoms with Gasteiger partial charge in [-0.25, -0.2) is 8.42 Å². The third-order valence-electron chi connectivity index (χ3n) is 6.35. The molecule has 2 amide bonds. The number of methoxy groups -OCH3 is 1. The molecular formula is C30H36N4O7S. The monoisotopic (exact) mass is 596 g/mol. The molecule has 0 aliphatic carbocycles. The third kappa shape index (κ3) is 8.06. The number of nitrogens with zero attached hydrogens (tertiary/aromatic N) is 3. The summed E-state index contributed by atoms with van der Waals surface area (Å²) in [7, 11) is -2.74. The van der Waals surface area contributed by atoms with Crippen LogP contribution in [0.4, 0.5) is 11.4 Å². The number of ether oxygens (including phenoxy) is 1. The molecule has 12 heteroatoms. The maximum atomic E-state index is 14.1. The summed E-state index contributed by atoms with van der Waals surface area (Å²) in [5.41, 5.74) is -0.0256. The second-order valence-corrected chi connectivity index (χ2v) is 12.5. The zero-order valence-corrected chi connectivity index (χ0v) is 25.1. The van der Waals surface area contributed by atoms with Crippen LogP contribution in [0.3, 0.4) is 0 Å². The van der Waals surface area contributed by atoms with Crippen molar-refractivity contribution >= 4 is 33.2 Å². The third-order valence-corrected chi connectivity index (χ3v) is 8.14. The Balaban J connectivity index is 2.07. The second kappa shape index (κ2) is 13.5. The van der Waals surface area contributed by atoms with Gasteiger partial charge in [-0.15, -0.1) is 0 Å².